The lowest BCUT2D eigenvalue weighted by molar-refractivity contribution is -0.274. The van der Waals surface area contributed by atoms with Crippen molar-refractivity contribution in [2.75, 3.05) is 20.6 Å². The van der Waals surface area contributed by atoms with E-state index in [-0.39, 0.29) is 5.75 Å². The summed E-state index contributed by atoms with van der Waals surface area (Å²) in [6.07, 6.45) is -5.85. The molecule has 1 amide bonds. The molecule has 8 heteroatoms. The molecule has 1 unspecified atom stereocenters. The molecule has 136 valence electrons. The summed E-state index contributed by atoms with van der Waals surface area (Å²) in [5, 5.41) is 9.59. The van der Waals surface area contributed by atoms with Crippen LogP contribution < -0.4 is 4.74 Å². The van der Waals surface area contributed by atoms with E-state index in [1.807, 2.05) is 4.90 Å². The Morgan fingerprint density at radius 1 is 1.17 bits per heavy atom. The average molecular weight is 348 g/mol. The van der Waals surface area contributed by atoms with E-state index in [4.69, 9.17) is 0 Å². The minimum absolute atomic E-state index is 0.340. The number of rotatable bonds is 5. The summed E-state index contributed by atoms with van der Waals surface area (Å²) < 4.78 is 40.6. The summed E-state index contributed by atoms with van der Waals surface area (Å²) in [6, 6.07) is 4.76. The van der Waals surface area contributed by atoms with Crippen molar-refractivity contribution in [1.82, 2.24) is 9.80 Å². The quantitative estimate of drug-likeness (QED) is 0.875. The Kier molecular flexibility index (Phi) is 6.10. The van der Waals surface area contributed by atoms with Crippen molar-refractivity contribution in [3.63, 3.8) is 0 Å². The Bertz CT molecular complexity index is 551. The second kappa shape index (κ2) is 7.29. The molecule has 1 atom stereocenters. The summed E-state index contributed by atoms with van der Waals surface area (Å²) in [5.74, 6) is -0.340. The van der Waals surface area contributed by atoms with E-state index in [0.717, 1.165) is 0 Å². The molecule has 1 rings (SSSR count). The van der Waals surface area contributed by atoms with Gasteiger partial charge >= 0.3 is 12.5 Å². The van der Waals surface area contributed by atoms with Crippen LogP contribution in [-0.4, -0.2) is 53.5 Å². The van der Waals surface area contributed by atoms with Crippen molar-refractivity contribution in [3.8, 4) is 5.75 Å². The minimum Gasteiger partial charge on any atom is -0.465 e. The fourth-order valence-corrected chi connectivity index (χ4v) is 2.46. The van der Waals surface area contributed by atoms with Crippen LogP contribution in [0.4, 0.5) is 18.0 Å². The molecule has 0 aliphatic carbocycles. The van der Waals surface area contributed by atoms with Crippen LogP contribution in [0.15, 0.2) is 24.3 Å². The van der Waals surface area contributed by atoms with Gasteiger partial charge in [0.15, 0.2) is 0 Å². The number of likely N-dealkylation sites (N-methyl/N-ethyl adjacent to an activating group) is 1. The van der Waals surface area contributed by atoms with Crippen LogP contribution in [0.3, 0.4) is 0 Å². The van der Waals surface area contributed by atoms with Gasteiger partial charge in [0.2, 0.25) is 0 Å². The number of hydrogen-bond acceptors (Lipinski definition) is 3. The van der Waals surface area contributed by atoms with Gasteiger partial charge in [-0.15, -0.1) is 13.2 Å². The van der Waals surface area contributed by atoms with Gasteiger partial charge in [-0.25, -0.2) is 4.79 Å². The maximum atomic E-state index is 12.2. The summed E-state index contributed by atoms with van der Waals surface area (Å²) in [7, 11) is 3.60. The van der Waals surface area contributed by atoms with Gasteiger partial charge < -0.3 is 14.7 Å². The van der Waals surface area contributed by atoms with Crippen LogP contribution in [0.1, 0.15) is 32.4 Å². The largest absolute Gasteiger partial charge is 0.573 e. The van der Waals surface area contributed by atoms with Gasteiger partial charge in [-0.2, -0.15) is 0 Å². The molecule has 5 nitrogen and oxygen atoms in total. The summed E-state index contributed by atoms with van der Waals surface area (Å²) in [5.41, 5.74) is -0.0799. The minimum atomic E-state index is -4.76. The third kappa shape index (κ3) is 5.92. The molecule has 24 heavy (non-hydrogen) atoms. The molecule has 0 aliphatic heterocycles. The second-order valence-corrected chi connectivity index (χ2v) is 6.72. The van der Waals surface area contributed by atoms with E-state index in [2.05, 4.69) is 4.74 Å². The van der Waals surface area contributed by atoms with Crippen LogP contribution in [0.5, 0.6) is 5.75 Å². The van der Waals surface area contributed by atoms with Gasteiger partial charge in [0.1, 0.15) is 5.75 Å². The van der Waals surface area contributed by atoms with Gasteiger partial charge in [0, 0.05) is 12.1 Å². The molecular formula is C16H23F3N2O3. The Morgan fingerprint density at radius 3 is 2.00 bits per heavy atom. The molecule has 0 aliphatic rings. The number of alkyl halides is 3. The highest BCUT2D eigenvalue weighted by atomic mass is 19.4. The highest BCUT2D eigenvalue weighted by Crippen LogP contribution is 2.31. The number of ether oxygens (including phenoxy) is 1. The van der Waals surface area contributed by atoms with Gasteiger partial charge in [-0.1, -0.05) is 12.1 Å². The monoisotopic (exact) mass is 348 g/mol. The van der Waals surface area contributed by atoms with Crippen molar-refractivity contribution >= 4 is 6.09 Å². The lowest BCUT2D eigenvalue weighted by atomic mass is 9.98. The first-order valence-electron chi connectivity index (χ1n) is 7.34. The van der Waals surface area contributed by atoms with Crippen molar-refractivity contribution < 1.29 is 27.8 Å². The molecule has 0 saturated heterocycles. The highest BCUT2D eigenvalue weighted by molar-refractivity contribution is 5.67. The molecule has 0 spiro atoms. The number of halogens is 3. The average Bonchev–Trinajstić information content (AvgIpc) is 2.34. The molecule has 0 fully saturated rings. The summed E-state index contributed by atoms with van der Waals surface area (Å²) in [6.45, 7) is 5.70. The van der Waals surface area contributed by atoms with Gasteiger partial charge in [-0.05, 0) is 52.6 Å². The van der Waals surface area contributed by atoms with Gasteiger partial charge in [0.05, 0.1) is 6.04 Å². The number of nitrogens with zero attached hydrogens (tertiary/aromatic N) is 2. The van der Waals surface area contributed by atoms with E-state index in [9.17, 15) is 23.1 Å². The zero-order chi connectivity index (χ0) is 18.7. The van der Waals surface area contributed by atoms with Crippen molar-refractivity contribution in [2.24, 2.45) is 0 Å². The molecule has 0 radical (unpaired) electrons. The summed E-state index contributed by atoms with van der Waals surface area (Å²) in [4.78, 5) is 14.9. The van der Waals surface area contributed by atoms with E-state index in [0.29, 0.717) is 12.1 Å². The van der Waals surface area contributed by atoms with Crippen LogP contribution in [0.25, 0.3) is 0 Å². The van der Waals surface area contributed by atoms with Crippen LogP contribution in [-0.2, 0) is 0 Å². The molecule has 0 saturated carbocycles. The molecular weight excluding hydrogens is 325 g/mol. The molecule has 1 N–H and O–H groups in total. The lowest BCUT2D eigenvalue weighted by Crippen LogP contribution is -2.49. The fraction of sp³-hybridized carbons (Fsp3) is 0.562. The first-order chi connectivity index (χ1) is 10.8. The third-order valence-electron chi connectivity index (χ3n) is 3.28. The molecule has 0 heterocycles. The van der Waals surface area contributed by atoms with Crippen molar-refractivity contribution in [2.45, 2.75) is 38.7 Å². The zero-order valence-corrected chi connectivity index (χ0v) is 14.4. The van der Waals surface area contributed by atoms with Gasteiger partial charge in [0.25, 0.3) is 0 Å². The Morgan fingerprint density at radius 2 is 1.67 bits per heavy atom. The molecule has 1 aromatic carbocycles. The molecule has 1 aromatic rings. The van der Waals surface area contributed by atoms with E-state index in [1.54, 1.807) is 34.9 Å². The SMILES string of the molecule is CN(C)CC(c1ccc(OC(F)(F)F)cc1)N(C(=O)O)C(C)(C)C. The van der Waals surface area contributed by atoms with Crippen molar-refractivity contribution in [1.29, 1.82) is 0 Å². The Hall–Kier alpha value is -1.96. The number of benzene rings is 1. The third-order valence-corrected chi connectivity index (χ3v) is 3.28. The smallest absolute Gasteiger partial charge is 0.465 e. The van der Waals surface area contributed by atoms with Crippen molar-refractivity contribution in [3.05, 3.63) is 29.8 Å². The van der Waals surface area contributed by atoms with Crippen LogP contribution in [0.2, 0.25) is 0 Å². The van der Waals surface area contributed by atoms with E-state index in [1.165, 1.54) is 29.2 Å². The summed E-state index contributed by atoms with van der Waals surface area (Å²) >= 11 is 0. The highest BCUT2D eigenvalue weighted by Gasteiger charge is 2.35. The van der Waals surface area contributed by atoms with Gasteiger partial charge in [-0.3, -0.25) is 4.90 Å². The first-order valence-corrected chi connectivity index (χ1v) is 7.34. The standard InChI is InChI=1S/C16H23F3N2O3/c1-15(2,3)21(14(22)23)13(10-20(4)5)11-6-8-12(9-7-11)24-16(17,18)19/h6-9,13H,10H2,1-5H3,(H,22,23). The van der Waals surface area contributed by atoms with Crippen LogP contribution >= 0.6 is 0 Å². The normalized spacial score (nSPS) is 13.7. The number of carbonyl (C=O) groups is 1. The molecule has 0 aromatic heterocycles. The predicted molar refractivity (Wildman–Crippen MR) is 84.0 cm³/mol. The maximum absolute atomic E-state index is 12.2. The van der Waals surface area contributed by atoms with Crippen LogP contribution in [0, 0.1) is 0 Å². The number of amides is 1. The Balaban J connectivity index is 3.19. The topological polar surface area (TPSA) is 53.0 Å². The predicted octanol–water partition coefficient (Wildman–Crippen LogP) is 3.97. The Labute approximate surface area is 139 Å². The lowest BCUT2D eigenvalue weighted by Gasteiger charge is -2.41. The van der Waals surface area contributed by atoms with E-state index >= 15 is 0 Å². The first kappa shape index (κ1) is 20.1. The molecule has 0 bridgehead atoms. The zero-order valence-electron chi connectivity index (χ0n) is 14.4. The maximum Gasteiger partial charge on any atom is 0.573 e. The number of carboxylic acid groups (broad SMARTS) is 1. The fourth-order valence-electron chi connectivity index (χ4n) is 2.46. The van der Waals surface area contributed by atoms with E-state index < -0.39 is 24.0 Å². The number of hydrogen-bond donors (Lipinski definition) is 1. The second-order valence-electron chi connectivity index (χ2n) is 6.72.